The van der Waals surface area contributed by atoms with Crippen LogP contribution in [0.25, 0.3) is 11.5 Å². The van der Waals surface area contributed by atoms with E-state index < -0.39 is 5.60 Å². The number of hydrogen-bond donors (Lipinski definition) is 1. The average Bonchev–Trinajstić information content (AvgIpc) is 3.44. The Balaban J connectivity index is 1.26. The van der Waals surface area contributed by atoms with Crippen molar-refractivity contribution in [2.45, 2.75) is 44.1 Å². The Morgan fingerprint density at radius 3 is 2.81 bits per heavy atom. The minimum atomic E-state index is -0.821. The van der Waals surface area contributed by atoms with Crippen LogP contribution in [0.1, 0.15) is 44.3 Å². The van der Waals surface area contributed by atoms with Crippen molar-refractivity contribution in [2.24, 2.45) is 0 Å². The maximum atomic E-state index is 11.7. The van der Waals surface area contributed by atoms with Crippen molar-refractivity contribution in [1.82, 2.24) is 39.4 Å². The van der Waals surface area contributed by atoms with Crippen LogP contribution >= 0.6 is 0 Å². The van der Waals surface area contributed by atoms with Crippen molar-refractivity contribution in [3.8, 4) is 5.82 Å². The molecule has 2 saturated heterocycles. The Kier molecular flexibility index (Phi) is 5.19. The van der Waals surface area contributed by atoms with E-state index in [1.165, 1.54) is 0 Å². The molecule has 1 atom stereocenters. The SMILES string of the molecule is CC(=O)N1CCCC(O)(CN2CCC(c3nnc4ccc(-n5cccn5)nn34)CC2)C1. The topological polar surface area (TPSA) is 105 Å². The monoisotopic (exact) mass is 424 g/mol. The number of likely N-dealkylation sites (tertiary alicyclic amines) is 2. The summed E-state index contributed by atoms with van der Waals surface area (Å²) in [4.78, 5) is 15.8. The van der Waals surface area contributed by atoms with Gasteiger partial charge in [-0.1, -0.05) is 0 Å². The zero-order chi connectivity index (χ0) is 21.4. The van der Waals surface area contributed by atoms with Crippen molar-refractivity contribution in [3.05, 3.63) is 36.4 Å². The number of carbonyl (C=O) groups excluding carboxylic acids is 1. The van der Waals surface area contributed by atoms with E-state index in [-0.39, 0.29) is 11.8 Å². The smallest absolute Gasteiger partial charge is 0.219 e. The number of carbonyl (C=O) groups is 1. The molecular formula is C21H28N8O2. The lowest BCUT2D eigenvalue weighted by Crippen LogP contribution is -2.56. The number of nitrogens with zero attached hydrogens (tertiary/aromatic N) is 8. The molecule has 1 amide bonds. The molecule has 10 nitrogen and oxygen atoms in total. The van der Waals surface area contributed by atoms with Gasteiger partial charge in [0.2, 0.25) is 5.91 Å². The molecule has 2 aliphatic rings. The van der Waals surface area contributed by atoms with Gasteiger partial charge in [0.05, 0.1) is 12.1 Å². The van der Waals surface area contributed by atoms with E-state index >= 15 is 0 Å². The third kappa shape index (κ3) is 4.05. The highest BCUT2D eigenvalue weighted by atomic mass is 16.3. The number of hydrogen-bond acceptors (Lipinski definition) is 7. The second-order valence-electron chi connectivity index (χ2n) is 8.79. The van der Waals surface area contributed by atoms with Crippen LogP contribution in [-0.2, 0) is 4.79 Å². The predicted molar refractivity (Wildman–Crippen MR) is 113 cm³/mol. The van der Waals surface area contributed by atoms with Gasteiger partial charge in [-0.25, -0.2) is 4.68 Å². The van der Waals surface area contributed by atoms with Gasteiger partial charge in [0.1, 0.15) is 0 Å². The summed E-state index contributed by atoms with van der Waals surface area (Å²) >= 11 is 0. The van der Waals surface area contributed by atoms with E-state index in [1.54, 1.807) is 22.7 Å². The fraction of sp³-hybridized carbons (Fsp3) is 0.571. The Hall–Kier alpha value is -2.85. The molecule has 1 unspecified atom stereocenters. The summed E-state index contributed by atoms with van der Waals surface area (Å²) in [6, 6.07) is 5.66. The van der Waals surface area contributed by atoms with Gasteiger partial charge in [-0.05, 0) is 57.0 Å². The Morgan fingerprint density at radius 2 is 2.06 bits per heavy atom. The molecule has 2 aliphatic heterocycles. The zero-order valence-electron chi connectivity index (χ0n) is 17.8. The molecule has 1 N–H and O–H groups in total. The van der Waals surface area contributed by atoms with Gasteiger partial charge in [0.25, 0.3) is 0 Å². The van der Waals surface area contributed by atoms with Crippen LogP contribution in [0.15, 0.2) is 30.6 Å². The van der Waals surface area contributed by atoms with Crippen molar-refractivity contribution in [2.75, 3.05) is 32.7 Å². The fourth-order valence-electron chi connectivity index (χ4n) is 4.85. The fourth-order valence-corrected chi connectivity index (χ4v) is 4.85. The lowest BCUT2D eigenvalue weighted by molar-refractivity contribution is -0.137. The number of aromatic nitrogens is 6. The lowest BCUT2D eigenvalue weighted by atomic mass is 9.90. The van der Waals surface area contributed by atoms with E-state index in [9.17, 15) is 9.90 Å². The summed E-state index contributed by atoms with van der Waals surface area (Å²) in [5.41, 5.74) is -0.0902. The van der Waals surface area contributed by atoms with Crippen molar-refractivity contribution in [3.63, 3.8) is 0 Å². The quantitative estimate of drug-likeness (QED) is 0.662. The molecule has 2 fully saturated rings. The first kappa shape index (κ1) is 20.1. The summed E-state index contributed by atoms with van der Waals surface area (Å²) in [5, 5.41) is 28.8. The largest absolute Gasteiger partial charge is 0.387 e. The highest BCUT2D eigenvalue weighted by molar-refractivity contribution is 5.73. The van der Waals surface area contributed by atoms with Gasteiger partial charge in [0, 0.05) is 38.3 Å². The van der Waals surface area contributed by atoms with Crippen molar-refractivity contribution < 1.29 is 9.90 Å². The van der Waals surface area contributed by atoms with Crippen LogP contribution in [0, 0.1) is 0 Å². The third-order valence-corrected chi connectivity index (χ3v) is 6.48. The standard InChI is InChI=1S/C21H28N8O2/c1-16(30)27-10-2-8-21(31,15-27)14-26-12-6-17(7-13-26)20-24-23-18-4-5-19(25-29(18)20)28-11-3-9-22-28/h3-5,9,11,17,31H,2,6-8,10,12-15H2,1H3. The molecule has 0 radical (unpaired) electrons. The molecule has 0 aromatic carbocycles. The van der Waals surface area contributed by atoms with E-state index in [4.69, 9.17) is 5.10 Å². The molecule has 3 aromatic rings. The molecule has 164 valence electrons. The molecule has 31 heavy (non-hydrogen) atoms. The van der Waals surface area contributed by atoms with Crippen LogP contribution in [0.3, 0.4) is 0 Å². The highest BCUT2D eigenvalue weighted by Crippen LogP contribution is 2.29. The van der Waals surface area contributed by atoms with Crippen molar-refractivity contribution in [1.29, 1.82) is 0 Å². The maximum absolute atomic E-state index is 11.7. The summed E-state index contributed by atoms with van der Waals surface area (Å²) < 4.78 is 3.55. The number of fused-ring (bicyclic) bond motifs is 1. The Bertz CT molecular complexity index is 1060. The minimum absolute atomic E-state index is 0.0394. The van der Waals surface area contributed by atoms with Crippen LogP contribution < -0.4 is 0 Å². The summed E-state index contributed by atoms with van der Waals surface area (Å²) in [5.74, 6) is 1.91. The van der Waals surface area contributed by atoms with E-state index in [0.29, 0.717) is 13.1 Å². The molecule has 10 heteroatoms. The molecule has 0 aliphatic carbocycles. The summed E-state index contributed by atoms with van der Waals surface area (Å²) in [6.45, 7) is 5.10. The Morgan fingerprint density at radius 1 is 1.23 bits per heavy atom. The first-order valence-electron chi connectivity index (χ1n) is 10.9. The van der Waals surface area contributed by atoms with Gasteiger partial charge < -0.3 is 14.9 Å². The van der Waals surface area contributed by atoms with Gasteiger partial charge in [-0.3, -0.25) is 4.79 Å². The molecule has 0 saturated carbocycles. The van der Waals surface area contributed by atoms with E-state index in [2.05, 4.69) is 20.2 Å². The third-order valence-electron chi connectivity index (χ3n) is 6.48. The van der Waals surface area contributed by atoms with E-state index in [0.717, 1.165) is 62.6 Å². The van der Waals surface area contributed by atoms with Crippen LogP contribution in [0.2, 0.25) is 0 Å². The van der Waals surface area contributed by atoms with Crippen LogP contribution in [-0.4, -0.2) is 88.7 Å². The molecule has 3 aromatic heterocycles. The van der Waals surface area contributed by atoms with Gasteiger partial charge in [0.15, 0.2) is 17.3 Å². The highest BCUT2D eigenvalue weighted by Gasteiger charge is 2.37. The number of β-amino-alcohol motifs (C(OH)–C–C–N with tert-alkyl or cyclic N) is 1. The summed E-state index contributed by atoms with van der Waals surface area (Å²) in [7, 11) is 0. The zero-order valence-corrected chi connectivity index (χ0v) is 17.8. The summed E-state index contributed by atoms with van der Waals surface area (Å²) in [6.07, 6.45) is 7.04. The number of amides is 1. The second kappa shape index (κ2) is 8.01. The first-order valence-corrected chi connectivity index (χ1v) is 10.9. The van der Waals surface area contributed by atoms with Gasteiger partial charge >= 0.3 is 0 Å². The normalized spacial score (nSPS) is 23.5. The maximum Gasteiger partial charge on any atom is 0.219 e. The predicted octanol–water partition coefficient (Wildman–Crippen LogP) is 0.863. The molecule has 0 spiro atoms. The number of piperidine rings is 2. The van der Waals surface area contributed by atoms with Crippen molar-refractivity contribution >= 4 is 11.6 Å². The number of rotatable bonds is 4. The first-order chi connectivity index (χ1) is 15.0. The molecule has 5 heterocycles. The number of aliphatic hydroxyl groups is 1. The Labute approximate surface area is 180 Å². The molecule has 0 bridgehead atoms. The van der Waals surface area contributed by atoms with Gasteiger partial charge in [-0.2, -0.15) is 9.61 Å². The molecular weight excluding hydrogens is 396 g/mol. The van der Waals surface area contributed by atoms with Crippen LogP contribution in [0.4, 0.5) is 0 Å². The van der Waals surface area contributed by atoms with E-state index in [1.807, 2.05) is 28.9 Å². The average molecular weight is 425 g/mol. The van der Waals surface area contributed by atoms with Crippen LogP contribution in [0.5, 0.6) is 0 Å². The molecule has 5 rings (SSSR count). The minimum Gasteiger partial charge on any atom is -0.387 e. The van der Waals surface area contributed by atoms with Gasteiger partial charge in [-0.15, -0.1) is 15.3 Å². The lowest BCUT2D eigenvalue weighted by Gasteiger charge is -2.43. The second-order valence-corrected chi connectivity index (χ2v) is 8.79.